The third-order valence-electron chi connectivity index (χ3n) is 19.3. The number of hydrogen-bond acceptors (Lipinski definition) is 15. The minimum absolute atomic E-state index is 0.107. The van der Waals surface area contributed by atoms with Crippen LogP contribution in [0.1, 0.15) is 439 Å². The second-order valence-corrected chi connectivity index (χ2v) is 32.9. The number of rotatable bonds is 82. The van der Waals surface area contributed by atoms with Gasteiger partial charge < -0.3 is 33.8 Å². The molecule has 0 aromatic carbocycles. The molecule has 5 atom stereocenters. The Balaban J connectivity index is 5.20. The maximum absolute atomic E-state index is 13.1. The molecule has 0 amide bonds. The van der Waals surface area contributed by atoms with E-state index in [-0.39, 0.29) is 25.7 Å². The molecule has 0 saturated carbocycles. The average Bonchev–Trinajstić information content (AvgIpc) is 0.946. The van der Waals surface area contributed by atoms with Crippen molar-refractivity contribution < 1.29 is 80.2 Å². The van der Waals surface area contributed by atoms with Gasteiger partial charge in [-0.3, -0.25) is 37.3 Å². The van der Waals surface area contributed by atoms with Crippen molar-refractivity contribution in [2.24, 2.45) is 5.92 Å². The van der Waals surface area contributed by atoms with Crippen LogP contribution in [0.5, 0.6) is 0 Å². The van der Waals surface area contributed by atoms with Crippen LogP contribution in [-0.4, -0.2) is 96.7 Å². The smallest absolute Gasteiger partial charge is 0.462 e. The zero-order chi connectivity index (χ0) is 74.1. The molecule has 0 fully saturated rings. The van der Waals surface area contributed by atoms with Gasteiger partial charge in [-0.2, -0.15) is 0 Å². The number of carbonyl (C=O) groups excluding carboxylic acids is 4. The van der Waals surface area contributed by atoms with E-state index < -0.39 is 97.5 Å². The van der Waals surface area contributed by atoms with E-state index in [4.69, 9.17) is 37.0 Å². The summed E-state index contributed by atoms with van der Waals surface area (Å²) < 4.78 is 68.7. The summed E-state index contributed by atoms with van der Waals surface area (Å²) in [5.74, 6) is -1.34. The van der Waals surface area contributed by atoms with Crippen molar-refractivity contribution >= 4 is 39.5 Å². The molecule has 101 heavy (non-hydrogen) atoms. The summed E-state index contributed by atoms with van der Waals surface area (Å²) in [6, 6.07) is 0. The topological polar surface area (TPSA) is 237 Å². The first-order valence-electron chi connectivity index (χ1n) is 42.6. The SMILES string of the molecule is CCCCCCCCCCCCCCCCCCCCCCCCC(=O)O[C@H](COC(=O)CCCCCCCCCCCCCCCCC)COP(=O)(O)OC[C@@H](O)COP(=O)(O)OC[C@@H](COC(=O)CCCCCCCCCCCC)OC(=O)CCCCCCCCCCCCCC(C)C. The molecule has 0 bridgehead atoms. The molecule has 0 spiro atoms. The number of phosphoric acid groups is 2. The fourth-order valence-electron chi connectivity index (χ4n) is 12.8. The third-order valence-corrected chi connectivity index (χ3v) is 21.2. The Hall–Kier alpha value is -1.94. The fraction of sp³-hybridized carbons (Fsp3) is 0.951. The number of aliphatic hydroxyl groups excluding tert-OH is 1. The number of ether oxygens (including phenoxy) is 4. The lowest BCUT2D eigenvalue weighted by Gasteiger charge is -2.21. The first-order valence-corrected chi connectivity index (χ1v) is 45.6. The first kappa shape index (κ1) is 99.1. The zero-order valence-electron chi connectivity index (χ0n) is 66.1. The summed E-state index contributed by atoms with van der Waals surface area (Å²) in [5, 5.41) is 10.6. The number of unbranched alkanes of at least 4 members (excludes halogenated alkanes) is 54. The summed E-state index contributed by atoms with van der Waals surface area (Å²) in [4.78, 5) is 73.0. The quantitative estimate of drug-likeness (QED) is 0.0222. The molecule has 0 radical (unpaired) electrons. The van der Waals surface area contributed by atoms with E-state index in [1.54, 1.807) is 0 Å². The van der Waals surface area contributed by atoms with Gasteiger partial charge in [-0.1, -0.05) is 388 Å². The molecule has 0 aromatic heterocycles. The van der Waals surface area contributed by atoms with Gasteiger partial charge >= 0.3 is 39.5 Å². The standard InChI is InChI=1S/C82H160O17P2/c1-6-9-12-15-18-21-24-26-28-29-30-31-32-33-34-36-38-42-47-52-57-62-67-81(86)98-78(72-93-80(85)66-61-56-51-46-41-37-35-27-25-22-19-16-13-10-7-2)74-97-101(90,91)95-70-76(83)69-94-100(88,89)96-73-77(71-92-79(84)65-60-55-50-45-23-20-17-14-11-8-3)99-82(87)68-63-58-53-48-43-39-40-44-49-54-59-64-75(4)5/h75-78,83H,6-74H2,1-5H3,(H,88,89)(H,90,91)/t76-,77+,78+/m0/s1. The van der Waals surface area contributed by atoms with Crippen LogP contribution in [0.25, 0.3) is 0 Å². The summed E-state index contributed by atoms with van der Waals surface area (Å²) in [6.45, 7) is 7.33. The minimum atomic E-state index is -4.96. The number of phosphoric ester groups is 2. The summed E-state index contributed by atoms with van der Waals surface area (Å²) in [5.41, 5.74) is 0. The van der Waals surface area contributed by atoms with Crippen LogP contribution in [0.2, 0.25) is 0 Å². The summed E-state index contributed by atoms with van der Waals surface area (Å²) in [6.07, 6.45) is 66.7. The van der Waals surface area contributed by atoms with Crippen molar-refractivity contribution in [2.75, 3.05) is 39.6 Å². The zero-order valence-corrected chi connectivity index (χ0v) is 67.8. The van der Waals surface area contributed by atoms with Gasteiger partial charge in [0.15, 0.2) is 12.2 Å². The Morgan fingerprint density at radius 2 is 0.455 bits per heavy atom. The van der Waals surface area contributed by atoms with E-state index in [1.165, 1.54) is 263 Å². The maximum atomic E-state index is 13.1. The van der Waals surface area contributed by atoms with Crippen LogP contribution < -0.4 is 0 Å². The predicted molar refractivity (Wildman–Crippen MR) is 414 cm³/mol. The maximum Gasteiger partial charge on any atom is 0.472 e. The van der Waals surface area contributed by atoms with Crippen LogP contribution in [0, 0.1) is 5.92 Å². The number of esters is 4. The predicted octanol–water partition coefficient (Wildman–Crippen LogP) is 24.8. The first-order chi connectivity index (χ1) is 49.0. The Labute approximate surface area is 619 Å². The monoisotopic (exact) mass is 1480 g/mol. The molecule has 600 valence electrons. The molecule has 2 unspecified atom stereocenters. The largest absolute Gasteiger partial charge is 0.472 e. The average molecular weight is 1480 g/mol. The molecule has 0 heterocycles. The highest BCUT2D eigenvalue weighted by atomic mass is 31.2. The second kappa shape index (κ2) is 74.9. The number of hydrogen-bond donors (Lipinski definition) is 3. The molecule has 0 rings (SSSR count). The molecule has 19 heteroatoms. The molecule has 0 aliphatic heterocycles. The van der Waals surface area contributed by atoms with Gasteiger partial charge in [0.1, 0.15) is 19.3 Å². The van der Waals surface area contributed by atoms with E-state index in [2.05, 4.69) is 34.6 Å². The van der Waals surface area contributed by atoms with Crippen molar-refractivity contribution in [2.45, 2.75) is 457 Å². The highest BCUT2D eigenvalue weighted by Crippen LogP contribution is 2.45. The molecular formula is C82H160O17P2. The van der Waals surface area contributed by atoms with Crippen molar-refractivity contribution in [1.29, 1.82) is 0 Å². The summed E-state index contributed by atoms with van der Waals surface area (Å²) >= 11 is 0. The lowest BCUT2D eigenvalue weighted by atomic mass is 10.0. The van der Waals surface area contributed by atoms with Crippen molar-refractivity contribution in [1.82, 2.24) is 0 Å². The molecule has 0 aromatic rings. The molecule has 0 aliphatic carbocycles. The normalized spacial score (nSPS) is 13.8. The van der Waals surface area contributed by atoms with Crippen LogP contribution >= 0.6 is 15.6 Å². The Morgan fingerprint density at radius 1 is 0.267 bits per heavy atom. The number of aliphatic hydroxyl groups is 1. The van der Waals surface area contributed by atoms with E-state index in [1.807, 2.05) is 0 Å². The van der Waals surface area contributed by atoms with Gasteiger partial charge in [0.2, 0.25) is 0 Å². The molecular weight excluding hydrogens is 1320 g/mol. The lowest BCUT2D eigenvalue weighted by molar-refractivity contribution is -0.161. The van der Waals surface area contributed by atoms with Crippen molar-refractivity contribution in [3.8, 4) is 0 Å². The van der Waals surface area contributed by atoms with Crippen molar-refractivity contribution in [3.63, 3.8) is 0 Å². The van der Waals surface area contributed by atoms with E-state index in [0.717, 1.165) is 95.8 Å². The molecule has 0 aliphatic rings. The summed E-state index contributed by atoms with van der Waals surface area (Å²) in [7, 11) is -9.92. The second-order valence-electron chi connectivity index (χ2n) is 30.0. The Morgan fingerprint density at radius 3 is 0.673 bits per heavy atom. The van der Waals surface area contributed by atoms with Crippen LogP contribution in [0.15, 0.2) is 0 Å². The third kappa shape index (κ3) is 76.1. The Bertz CT molecular complexity index is 1930. The van der Waals surface area contributed by atoms with Gasteiger partial charge in [-0.15, -0.1) is 0 Å². The van der Waals surface area contributed by atoms with Crippen molar-refractivity contribution in [3.05, 3.63) is 0 Å². The molecule has 17 nitrogen and oxygen atoms in total. The van der Waals surface area contributed by atoms with Gasteiger partial charge in [-0.25, -0.2) is 9.13 Å². The molecule has 3 N–H and O–H groups in total. The van der Waals surface area contributed by atoms with Crippen LogP contribution in [-0.2, 0) is 65.4 Å². The van der Waals surface area contributed by atoms with Gasteiger partial charge in [-0.05, 0) is 31.6 Å². The van der Waals surface area contributed by atoms with Gasteiger partial charge in [0.05, 0.1) is 26.4 Å². The van der Waals surface area contributed by atoms with Gasteiger partial charge in [0, 0.05) is 25.7 Å². The minimum Gasteiger partial charge on any atom is -0.462 e. The van der Waals surface area contributed by atoms with E-state index >= 15 is 0 Å². The van der Waals surface area contributed by atoms with E-state index in [0.29, 0.717) is 25.7 Å². The van der Waals surface area contributed by atoms with Crippen LogP contribution in [0.3, 0.4) is 0 Å². The Kier molecular flexibility index (Phi) is 73.5. The van der Waals surface area contributed by atoms with E-state index in [9.17, 15) is 43.2 Å². The molecule has 0 saturated heterocycles. The van der Waals surface area contributed by atoms with Crippen LogP contribution in [0.4, 0.5) is 0 Å². The highest BCUT2D eigenvalue weighted by Gasteiger charge is 2.30. The number of carbonyl (C=O) groups is 4. The highest BCUT2D eigenvalue weighted by molar-refractivity contribution is 7.47. The lowest BCUT2D eigenvalue weighted by Crippen LogP contribution is -2.30. The van der Waals surface area contributed by atoms with Gasteiger partial charge in [0.25, 0.3) is 0 Å². The fourth-order valence-corrected chi connectivity index (χ4v) is 14.3.